The highest BCUT2D eigenvalue weighted by molar-refractivity contribution is 6.36. The van der Waals surface area contributed by atoms with E-state index >= 15 is 0 Å². The van der Waals surface area contributed by atoms with Gasteiger partial charge in [0.2, 0.25) is 0 Å². The molecule has 2 heterocycles. The van der Waals surface area contributed by atoms with Gasteiger partial charge in [0.25, 0.3) is 17.7 Å². The number of rotatable bonds is 6. The number of benzene rings is 2. The topological polar surface area (TPSA) is 102 Å². The van der Waals surface area contributed by atoms with E-state index in [4.69, 9.17) is 32.7 Å². The standard InChI is InChI=1S/C22H18Cl2N2O6/c23-13-4-6-18(17(24)9-13)25-19(27)11-32-22(30)12-3-5-15-16(8-12)21(29)26(20(15)28)10-14-2-1-7-31-14/h3-6,8-9,14H,1-2,7,10-11H2,(H,25,27)/t14-/m1/s1. The molecule has 2 aromatic rings. The molecule has 8 nitrogen and oxygen atoms in total. The van der Waals surface area contributed by atoms with Crippen LogP contribution in [-0.4, -0.2) is 54.5 Å². The van der Waals surface area contributed by atoms with Gasteiger partial charge in [-0.2, -0.15) is 0 Å². The monoisotopic (exact) mass is 476 g/mol. The first-order chi connectivity index (χ1) is 15.3. The maximum Gasteiger partial charge on any atom is 0.338 e. The number of ether oxygens (including phenoxy) is 2. The molecule has 32 heavy (non-hydrogen) atoms. The first-order valence-electron chi connectivity index (χ1n) is 9.87. The Bertz CT molecular complexity index is 1110. The van der Waals surface area contributed by atoms with Gasteiger partial charge in [-0.05, 0) is 49.2 Å². The van der Waals surface area contributed by atoms with Crippen LogP contribution in [0.2, 0.25) is 10.0 Å². The van der Waals surface area contributed by atoms with Gasteiger partial charge in [0.05, 0.1) is 40.0 Å². The quantitative estimate of drug-likeness (QED) is 0.504. The van der Waals surface area contributed by atoms with Crippen LogP contribution >= 0.6 is 23.2 Å². The molecule has 1 fully saturated rings. The third-order valence-electron chi connectivity index (χ3n) is 5.16. The molecular formula is C22H18Cl2N2O6. The SMILES string of the molecule is O=C(COC(=O)c1ccc2c(c1)C(=O)N(C[C@H]1CCCO1)C2=O)Nc1ccc(Cl)cc1Cl. The zero-order chi connectivity index (χ0) is 22.8. The van der Waals surface area contributed by atoms with Gasteiger partial charge in [-0.1, -0.05) is 23.2 Å². The summed E-state index contributed by atoms with van der Waals surface area (Å²) in [5.41, 5.74) is 0.728. The lowest BCUT2D eigenvalue weighted by Gasteiger charge is -2.17. The molecule has 10 heteroatoms. The highest BCUT2D eigenvalue weighted by atomic mass is 35.5. The van der Waals surface area contributed by atoms with Gasteiger partial charge in [-0.15, -0.1) is 0 Å². The molecule has 4 rings (SSSR count). The van der Waals surface area contributed by atoms with E-state index in [2.05, 4.69) is 5.32 Å². The zero-order valence-electron chi connectivity index (χ0n) is 16.7. The molecule has 2 aromatic carbocycles. The fourth-order valence-corrected chi connectivity index (χ4v) is 4.02. The van der Waals surface area contributed by atoms with Gasteiger partial charge in [0.15, 0.2) is 6.61 Å². The van der Waals surface area contributed by atoms with Gasteiger partial charge >= 0.3 is 5.97 Å². The van der Waals surface area contributed by atoms with E-state index < -0.39 is 30.3 Å². The maximum absolute atomic E-state index is 12.7. The molecule has 2 aliphatic rings. The Kier molecular flexibility index (Phi) is 6.45. The summed E-state index contributed by atoms with van der Waals surface area (Å²) >= 11 is 11.8. The van der Waals surface area contributed by atoms with E-state index in [-0.39, 0.29) is 34.4 Å². The molecule has 0 saturated carbocycles. The van der Waals surface area contributed by atoms with Crippen molar-refractivity contribution < 1.29 is 28.7 Å². The molecule has 1 atom stereocenters. The summed E-state index contributed by atoms with van der Waals surface area (Å²) in [7, 11) is 0. The molecule has 0 unspecified atom stereocenters. The second kappa shape index (κ2) is 9.28. The Balaban J connectivity index is 1.38. The molecule has 0 aliphatic carbocycles. The smallest absolute Gasteiger partial charge is 0.338 e. The molecule has 2 aliphatic heterocycles. The zero-order valence-corrected chi connectivity index (χ0v) is 18.2. The van der Waals surface area contributed by atoms with Crippen LogP contribution in [-0.2, 0) is 14.3 Å². The van der Waals surface area contributed by atoms with Gasteiger partial charge < -0.3 is 14.8 Å². The normalized spacial score (nSPS) is 17.4. The van der Waals surface area contributed by atoms with E-state index in [0.717, 1.165) is 17.7 Å². The van der Waals surface area contributed by atoms with Crippen molar-refractivity contribution in [2.24, 2.45) is 0 Å². The van der Waals surface area contributed by atoms with Gasteiger partial charge in [0.1, 0.15) is 0 Å². The minimum absolute atomic E-state index is 0.0567. The van der Waals surface area contributed by atoms with E-state index in [1.54, 1.807) is 6.07 Å². The Morgan fingerprint density at radius 2 is 1.88 bits per heavy atom. The lowest BCUT2D eigenvalue weighted by molar-refractivity contribution is -0.119. The minimum atomic E-state index is -0.803. The molecule has 0 spiro atoms. The average Bonchev–Trinajstić information content (AvgIpc) is 3.37. The van der Waals surface area contributed by atoms with Crippen LogP contribution in [0.5, 0.6) is 0 Å². The van der Waals surface area contributed by atoms with E-state index in [0.29, 0.717) is 17.3 Å². The van der Waals surface area contributed by atoms with E-state index in [1.807, 2.05) is 0 Å². The number of fused-ring (bicyclic) bond motifs is 1. The minimum Gasteiger partial charge on any atom is -0.452 e. The van der Waals surface area contributed by atoms with E-state index in [1.165, 1.54) is 30.3 Å². The van der Waals surface area contributed by atoms with Crippen molar-refractivity contribution in [2.75, 3.05) is 25.1 Å². The third-order valence-corrected chi connectivity index (χ3v) is 5.70. The number of hydrogen-bond donors (Lipinski definition) is 1. The second-order valence-electron chi connectivity index (χ2n) is 7.36. The van der Waals surface area contributed by atoms with Crippen molar-refractivity contribution in [3.05, 3.63) is 63.1 Å². The van der Waals surface area contributed by atoms with Crippen LogP contribution < -0.4 is 5.32 Å². The Morgan fingerprint density at radius 1 is 1.09 bits per heavy atom. The fourth-order valence-electron chi connectivity index (χ4n) is 3.57. The predicted molar refractivity (Wildman–Crippen MR) is 116 cm³/mol. The average molecular weight is 477 g/mol. The number of amides is 3. The van der Waals surface area contributed by atoms with E-state index in [9.17, 15) is 19.2 Å². The summed E-state index contributed by atoms with van der Waals surface area (Å²) in [6, 6.07) is 8.65. The van der Waals surface area contributed by atoms with Crippen molar-refractivity contribution >= 4 is 52.6 Å². The molecule has 0 bridgehead atoms. The van der Waals surface area contributed by atoms with Gasteiger partial charge in [-0.3, -0.25) is 19.3 Å². The number of imide groups is 1. The van der Waals surface area contributed by atoms with Crippen molar-refractivity contribution in [1.29, 1.82) is 0 Å². The summed E-state index contributed by atoms with van der Waals surface area (Å²) in [5.74, 6) is -2.30. The summed E-state index contributed by atoms with van der Waals surface area (Å²) in [6.45, 7) is 0.230. The predicted octanol–water partition coefficient (Wildman–Crippen LogP) is 3.56. The van der Waals surface area contributed by atoms with Crippen LogP contribution in [0.15, 0.2) is 36.4 Å². The number of nitrogens with one attached hydrogen (secondary N) is 1. The largest absolute Gasteiger partial charge is 0.452 e. The number of carbonyl (C=O) groups is 4. The molecule has 3 amide bonds. The lowest BCUT2D eigenvalue weighted by atomic mass is 10.1. The van der Waals surface area contributed by atoms with Crippen LogP contribution in [0.1, 0.15) is 43.9 Å². The first kappa shape index (κ1) is 22.3. The summed E-state index contributed by atoms with van der Waals surface area (Å²) in [6.07, 6.45) is 1.50. The van der Waals surface area contributed by atoms with Gasteiger partial charge in [0, 0.05) is 11.6 Å². The molecule has 1 N–H and O–H groups in total. The highest BCUT2D eigenvalue weighted by Crippen LogP contribution is 2.27. The number of anilines is 1. The number of hydrogen-bond acceptors (Lipinski definition) is 6. The second-order valence-corrected chi connectivity index (χ2v) is 8.21. The number of nitrogens with zero attached hydrogens (tertiary/aromatic N) is 1. The third kappa shape index (κ3) is 4.62. The molecule has 166 valence electrons. The first-order valence-corrected chi connectivity index (χ1v) is 10.6. The molecule has 1 saturated heterocycles. The number of esters is 1. The number of halogens is 2. The highest BCUT2D eigenvalue weighted by Gasteiger charge is 2.38. The van der Waals surface area contributed by atoms with Crippen molar-refractivity contribution in [2.45, 2.75) is 18.9 Å². The lowest BCUT2D eigenvalue weighted by Crippen LogP contribution is -2.36. The Hall–Kier alpha value is -2.94. The molecular weight excluding hydrogens is 459 g/mol. The van der Waals surface area contributed by atoms with Gasteiger partial charge in [-0.25, -0.2) is 4.79 Å². The Morgan fingerprint density at radius 3 is 2.59 bits per heavy atom. The molecule has 0 aromatic heterocycles. The summed E-state index contributed by atoms with van der Waals surface area (Å²) in [5, 5.41) is 3.17. The van der Waals surface area contributed by atoms with Crippen LogP contribution in [0, 0.1) is 0 Å². The summed E-state index contributed by atoms with van der Waals surface area (Å²) in [4.78, 5) is 50.9. The van der Waals surface area contributed by atoms with Crippen LogP contribution in [0.25, 0.3) is 0 Å². The van der Waals surface area contributed by atoms with Crippen LogP contribution in [0.3, 0.4) is 0 Å². The fraction of sp³-hybridized carbons (Fsp3) is 0.273. The van der Waals surface area contributed by atoms with Crippen LogP contribution in [0.4, 0.5) is 5.69 Å². The number of carbonyl (C=O) groups excluding carboxylic acids is 4. The summed E-state index contributed by atoms with van der Waals surface area (Å²) < 4.78 is 10.5. The molecule has 0 radical (unpaired) electrons. The maximum atomic E-state index is 12.7. The van der Waals surface area contributed by atoms with Crippen molar-refractivity contribution in [3.8, 4) is 0 Å². The Labute approximate surface area is 193 Å². The van der Waals surface area contributed by atoms with Crippen molar-refractivity contribution in [3.63, 3.8) is 0 Å². The van der Waals surface area contributed by atoms with Crippen molar-refractivity contribution in [1.82, 2.24) is 4.90 Å².